The Kier molecular flexibility index (Phi) is 7.28. The van der Waals surface area contributed by atoms with Crippen LogP contribution in [0.3, 0.4) is 0 Å². The highest BCUT2D eigenvalue weighted by atomic mass is 32.2. The molecule has 3 fully saturated rings. The van der Waals surface area contributed by atoms with E-state index in [2.05, 4.69) is 5.32 Å². The van der Waals surface area contributed by atoms with Crippen LogP contribution in [0, 0.1) is 11.3 Å². The molecule has 1 aliphatic carbocycles. The quantitative estimate of drug-likeness (QED) is 0.661. The summed E-state index contributed by atoms with van der Waals surface area (Å²) >= 11 is 1.58. The van der Waals surface area contributed by atoms with Gasteiger partial charge in [0.15, 0.2) is 0 Å². The van der Waals surface area contributed by atoms with Gasteiger partial charge in [0.05, 0.1) is 12.4 Å². The number of hydrogen-bond acceptors (Lipinski definition) is 5. The zero-order valence-corrected chi connectivity index (χ0v) is 19.6. The van der Waals surface area contributed by atoms with E-state index >= 15 is 0 Å². The van der Waals surface area contributed by atoms with E-state index in [0.717, 1.165) is 50.1 Å². The number of likely N-dealkylation sites (tertiary alicyclic amines) is 2. The Balaban J connectivity index is 1.17. The standard InChI is InChI=1S/C24H33N3O4S/c1-2-31-23(30)27-12-8-18(9-13-27)25-22(29)20-16-24(20)10-14-26(15-11-24)21(28)17-32-19-6-4-3-5-7-19/h3-7,18,20H,2,8-17H2,1H3,(H,25,29)/t20-/m1/s1. The van der Waals surface area contributed by atoms with Crippen LogP contribution in [-0.4, -0.2) is 72.3 Å². The Morgan fingerprint density at radius 2 is 1.75 bits per heavy atom. The zero-order chi connectivity index (χ0) is 22.6. The lowest BCUT2D eigenvalue weighted by Gasteiger charge is -2.34. The third-order valence-corrected chi connectivity index (χ3v) is 8.09. The number of nitrogens with zero attached hydrogens (tertiary/aromatic N) is 2. The first-order valence-electron chi connectivity index (χ1n) is 11.7. The summed E-state index contributed by atoms with van der Waals surface area (Å²) in [6.45, 7) is 4.93. The Bertz CT molecular complexity index is 818. The number of rotatable bonds is 6. The van der Waals surface area contributed by atoms with Gasteiger partial charge in [0.2, 0.25) is 11.8 Å². The second-order valence-electron chi connectivity index (χ2n) is 9.07. The van der Waals surface area contributed by atoms with Crippen LogP contribution in [0.5, 0.6) is 0 Å². The van der Waals surface area contributed by atoms with E-state index < -0.39 is 0 Å². The maximum Gasteiger partial charge on any atom is 0.409 e. The molecule has 1 spiro atoms. The van der Waals surface area contributed by atoms with Gasteiger partial charge in [-0.3, -0.25) is 9.59 Å². The number of piperidine rings is 2. The van der Waals surface area contributed by atoms with Crippen LogP contribution >= 0.6 is 11.8 Å². The van der Waals surface area contributed by atoms with Gasteiger partial charge in [-0.15, -0.1) is 11.8 Å². The number of carbonyl (C=O) groups is 3. The van der Waals surface area contributed by atoms with Crippen LogP contribution in [-0.2, 0) is 14.3 Å². The lowest BCUT2D eigenvalue weighted by molar-refractivity contribution is -0.130. The van der Waals surface area contributed by atoms with Crippen molar-refractivity contribution in [3.63, 3.8) is 0 Å². The van der Waals surface area contributed by atoms with Gasteiger partial charge in [-0.2, -0.15) is 0 Å². The molecule has 8 heteroatoms. The minimum absolute atomic E-state index is 0.0709. The highest BCUT2D eigenvalue weighted by molar-refractivity contribution is 8.00. The Morgan fingerprint density at radius 3 is 2.41 bits per heavy atom. The molecule has 1 saturated carbocycles. The van der Waals surface area contributed by atoms with E-state index in [4.69, 9.17) is 4.74 Å². The molecule has 2 saturated heterocycles. The van der Waals surface area contributed by atoms with Gasteiger partial charge in [0.1, 0.15) is 0 Å². The van der Waals surface area contributed by atoms with E-state index in [9.17, 15) is 14.4 Å². The summed E-state index contributed by atoms with van der Waals surface area (Å²) in [5.41, 5.74) is 0.0824. The van der Waals surface area contributed by atoms with Gasteiger partial charge in [0, 0.05) is 43.0 Å². The molecular weight excluding hydrogens is 426 g/mol. The molecule has 1 aromatic carbocycles. The van der Waals surface area contributed by atoms with Crippen molar-refractivity contribution in [2.24, 2.45) is 11.3 Å². The number of benzene rings is 1. The van der Waals surface area contributed by atoms with Crippen molar-refractivity contribution in [1.29, 1.82) is 0 Å². The third kappa shape index (κ3) is 5.39. The lowest BCUT2D eigenvalue weighted by atomic mass is 9.90. The first kappa shape index (κ1) is 23.0. The van der Waals surface area contributed by atoms with Crippen molar-refractivity contribution in [2.45, 2.75) is 50.0 Å². The van der Waals surface area contributed by atoms with Crippen LogP contribution < -0.4 is 5.32 Å². The molecule has 7 nitrogen and oxygen atoms in total. The van der Waals surface area contributed by atoms with Crippen LogP contribution in [0.1, 0.15) is 39.0 Å². The molecule has 1 N–H and O–H groups in total. The minimum Gasteiger partial charge on any atom is -0.450 e. The monoisotopic (exact) mass is 459 g/mol. The molecule has 0 unspecified atom stereocenters. The van der Waals surface area contributed by atoms with Crippen molar-refractivity contribution in [3.05, 3.63) is 30.3 Å². The van der Waals surface area contributed by atoms with E-state index in [1.807, 2.05) is 35.2 Å². The molecule has 0 aromatic heterocycles. The Labute approximate surface area is 194 Å². The molecular formula is C24H33N3O4S. The van der Waals surface area contributed by atoms with Crippen LogP contribution in [0.25, 0.3) is 0 Å². The fourth-order valence-corrected chi connectivity index (χ4v) is 5.77. The predicted molar refractivity (Wildman–Crippen MR) is 123 cm³/mol. The summed E-state index contributed by atoms with van der Waals surface area (Å²) in [5, 5.41) is 3.21. The van der Waals surface area contributed by atoms with Crippen molar-refractivity contribution in [3.8, 4) is 0 Å². The van der Waals surface area contributed by atoms with Crippen molar-refractivity contribution in [2.75, 3.05) is 38.5 Å². The minimum atomic E-state index is -0.262. The molecule has 3 amide bonds. The fourth-order valence-electron chi connectivity index (χ4n) is 4.95. The summed E-state index contributed by atoms with van der Waals surface area (Å²) in [4.78, 5) is 42.0. The molecule has 1 atom stereocenters. The first-order chi connectivity index (χ1) is 15.5. The van der Waals surface area contributed by atoms with E-state index in [-0.39, 0.29) is 35.3 Å². The second kappa shape index (κ2) is 10.1. The van der Waals surface area contributed by atoms with Crippen molar-refractivity contribution >= 4 is 29.7 Å². The number of carbonyl (C=O) groups excluding carboxylic acids is 3. The average molecular weight is 460 g/mol. The van der Waals surface area contributed by atoms with Crippen molar-refractivity contribution < 1.29 is 19.1 Å². The van der Waals surface area contributed by atoms with E-state index in [1.165, 1.54) is 0 Å². The van der Waals surface area contributed by atoms with Gasteiger partial charge in [-0.25, -0.2) is 4.79 Å². The van der Waals surface area contributed by atoms with Gasteiger partial charge < -0.3 is 19.9 Å². The first-order valence-corrected chi connectivity index (χ1v) is 12.7. The second-order valence-corrected chi connectivity index (χ2v) is 10.1. The molecule has 0 bridgehead atoms. The normalized spacial score (nSPS) is 22.5. The predicted octanol–water partition coefficient (Wildman–Crippen LogP) is 3.14. The SMILES string of the molecule is CCOC(=O)N1CCC(NC(=O)[C@H]2CC23CCN(C(=O)CSc2ccccc2)CC3)CC1. The van der Waals surface area contributed by atoms with Gasteiger partial charge in [-0.05, 0) is 56.6 Å². The Hall–Kier alpha value is -2.22. The van der Waals surface area contributed by atoms with E-state index in [1.54, 1.807) is 23.6 Å². The van der Waals surface area contributed by atoms with Gasteiger partial charge in [0.25, 0.3) is 0 Å². The summed E-state index contributed by atoms with van der Waals surface area (Å²) in [7, 11) is 0. The maximum atomic E-state index is 12.8. The molecule has 174 valence electrons. The highest BCUT2D eigenvalue weighted by Crippen LogP contribution is 2.59. The number of hydrogen-bond donors (Lipinski definition) is 1. The van der Waals surface area contributed by atoms with Crippen LogP contribution in [0.15, 0.2) is 35.2 Å². The summed E-state index contributed by atoms with van der Waals surface area (Å²) in [5.74, 6) is 0.870. The molecule has 2 aliphatic heterocycles. The largest absolute Gasteiger partial charge is 0.450 e. The zero-order valence-electron chi connectivity index (χ0n) is 18.8. The smallest absolute Gasteiger partial charge is 0.409 e. The highest BCUT2D eigenvalue weighted by Gasteiger charge is 2.58. The molecule has 32 heavy (non-hydrogen) atoms. The third-order valence-electron chi connectivity index (χ3n) is 7.09. The molecule has 3 aliphatic rings. The molecule has 4 rings (SSSR count). The number of ether oxygens (including phenoxy) is 1. The summed E-state index contributed by atoms with van der Waals surface area (Å²) in [6, 6.07) is 10.1. The van der Waals surface area contributed by atoms with Crippen LogP contribution in [0.2, 0.25) is 0 Å². The van der Waals surface area contributed by atoms with Gasteiger partial charge >= 0.3 is 6.09 Å². The molecule has 0 radical (unpaired) electrons. The average Bonchev–Trinajstić information content (AvgIpc) is 3.52. The summed E-state index contributed by atoms with van der Waals surface area (Å²) < 4.78 is 5.05. The maximum absolute atomic E-state index is 12.8. The molecule has 1 aromatic rings. The van der Waals surface area contributed by atoms with E-state index in [0.29, 0.717) is 25.4 Å². The number of nitrogens with one attached hydrogen (secondary N) is 1. The van der Waals surface area contributed by atoms with Crippen molar-refractivity contribution in [1.82, 2.24) is 15.1 Å². The van der Waals surface area contributed by atoms with Crippen LogP contribution in [0.4, 0.5) is 4.79 Å². The molecule has 2 heterocycles. The Morgan fingerprint density at radius 1 is 1.06 bits per heavy atom. The number of thioether (sulfide) groups is 1. The van der Waals surface area contributed by atoms with Gasteiger partial charge in [-0.1, -0.05) is 18.2 Å². The topological polar surface area (TPSA) is 79.0 Å². The fraction of sp³-hybridized carbons (Fsp3) is 0.625. The number of amides is 3. The lowest BCUT2D eigenvalue weighted by Crippen LogP contribution is -2.47. The summed E-state index contributed by atoms with van der Waals surface area (Å²) in [6.07, 6.45) is 4.03.